The summed E-state index contributed by atoms with van der Waals surface area (Å²) in [5.74, 6) is -0.691. The first-order valence-corrected chi connectivity index (χ1v) is 2.92. The van der Waals surface area contributed by atoms with E-state index in [4.69, 9.17) is 5.73 Å². The zero-order chi connectivity index (χ0) is 7.28. The molecule has 2 N–H and O–H groups in total. The molecule has 0 aromatic heterocycles. The molecule has 0 aliphatic carbocycles. The quantitative estimate of drug-likeness (QED) is 0.538. The van der Waals surface area contributed by atoms with Crippen LogP contribution in [-0.2, 0) is 9.59 Å². The van der Waals surface area contributed by atoms with Crippen molar-refractivity contribution in [2.45, 2.75) is 19.8 Å². The van der Waals surface area contributed by atoms with Crippen molar-refractivity contribution in [2.24, 2.45) is 5.73 Å². The molecule has 0 heterocycles. The molecule has 9 heavy (non-hydrogen) atoms. The van der Waals surface area contributed by atoms with E-state index in [1.165, 1.54) is 6.92 Å². The Hall–Kier alpha value is -0.700. The number of carbonyl (C=O) groups excluding carboxylic acids is 2. The molecule has 0 spiro atoms. The van der Waals surface area contributed by atoms with E-state index in [1.807, 2.05) is 0 Å². The number of carbonyl (C=O) groups is 2. The lowest BCUT2D eigenvalue weighted by Gasteiger charge is -1.90. The second kappa shape index (κ2) is 4.21. The number of hydrogen-bond acceptors (Lipinski definition) is 3. The van der Waals surface area contributed by atoms with E-state index in [2.05, 4.69) is 0 Å². The minimum absolute atomic E-state index is 0.297. The average molecular weight is 129 g/mol. The summed E-state index contributed by atoms with van der Waals surface area (Å²) in [4.78, 5) is 20.8. The molecular formula is C6H11NO2. The third kappa shape index (κ3) is 3.85. The fourth-order valence-electron chi connectivity index (χ4n) is 0.439. The Morgan fingerprint density at radius 2 is 2.00 bits per heavy atom. The predicted octanol–water partition coefficient (Wildman–Crippen LogP) is -0.117. The Balaban J connectivity index is 3.39. The molecule has 0 rings (SSSR count). The van der Waals surface area contributed by atoms with Crippen LogP contribution in [0, 0.1) is 0 Å². The van der Waals surface area contributed by atoms with Crippen molar-refractivity contribution in [3.8, 4) is 0 Å². The monoisotopic (exact) mass is 129 g/mol. The lowest BCUT2D eigenvalue weighted by atomic mass is 10.2. The predicted molar refractivity (Wildman–Crippen MR) is 34.0 cm³/mol. The fraction of sp³-hybridized carbons (Fsp3) is 0.667. The van der Waals surface area contributed by atoms with Crippen LogP contribution in [0.5, 0.6) is 0 Å². The van der Waals surface area contributed by atoms with Gasteiger partial charge in [0.25, 0.3) is 0 Å². The molecule has 0 fully saturated rings. The van der Waals surface area contributed by atoms with Gasteiger partial charge in [0.05, 0.1) is 0 Å². The van der Waals surface area contributed by atoms with E-state index in [0.29, 0.717) is 19.4 Å². The SMILES string of the molecule is CC(=O)C(=O)CCCN. The minimum Gasteiger partial charge on any atom is -0.330 e. The highest BCUT2D eigenvalue weighted by Gasteiger charge is 2.04. The van der Waals surface area contributed by atoms with Gasteiger partial charge in [0, 0.05) is 13.3 Å². The Kier molecular flexibility index (Phi) is 3.88. The van der Waals surface area contributed by atoms with Gasteiger partial charge in [-0.15, -0.1) is 0 Å². The molecule has 0 aromatic carbocycles. The molecule has 0 aromatic rings. The van der Waals surface area contributed by atoms with Crippen LogP contribution in [0.15, 0.2) is 0 Å². The highest BCUT2D eigenvalue weighted by Crippen LogP contribution is 1.88. The highest BCUT2D eigenvalue weighted by atomic mass is 16.2. The van der Waals surface area contributed by atoms with Crippen molar-refractivity contribution in [1.29, 1.82) is 0 Å². The fourth-order valence-corrected chi connectivity index (χ4v) is 0.439. The molecule has 0 radical (unpaired) electrons. The normalized spacial score (nSPS) is 9.11. The molecule has 52 valence electrons. The molecular weight excluding hydrogens is 118 g/mol. The van der Waals surface area contributed by atoms with Gasteiger partial charge in [0.1, 0.15) is 0 Å². The smallest absolute Gasteiger partial charge is 0.198 e. The van der Waals surface area contributed by atoms with Gasteiger partial charge >= 0.3 is 0 Å². The van der Waals surface area contributed by atoms with Crippen molar-refractivity contribution < 1.29 is 9.59 Å². The number of Topliss-reactive ketones (excluding diaryl/α,β-unsaturated/α-hetero) is 2. The van der Waals surface area contributed by atoms with Crippen LogP contribution in [0.4, 0.5) is 0 Å². The van der Waals surface area contributed by atoms with E-state index in [9.17, 15) is 9.59 Å². The molecule has 0 bridgehead atoms. The first-order chi connectivity index (χ1) is 4.18. The third-order valence-corrected chi connectivity index (χ3v) is 1.00. The number of rotatable bonds is 4. The maximum atomic E-state index is 10.5. The average Bonchev–Trinajstić information content (AvgIpc) is 1.82. The van der Waals surface area contributed by atoms with Crippen LogP contribution < -0.4 is 5.73 Å². The van der Waals surface area contributed by atoms with E-state index < -0.39 is 0 Å². The summed E-state index contributed by atoms with van der Waals surface area (Å²) in [7, 11) is 0. The highest BCUT2D eigenvalue weighted by molar-refractivity contribution is 6.36. The van der Waals surface area contributed by atoms with Gasteiger partial charge in [-0.25, -0.2) is 0 Å². The van der Waals surface area contributed by atoms with Crippen molar-refractivity contribution in [2.75, 3.05) is 6.54 Å². The second-order valence-electron chi connectivity index (χ2n) is 1.87. The van der Waals surface area contributed by atoms with Crippen LogP contribution >= 0.6 is 0 Å². The molecule has 0 saturated carbocycles. The largest absolute Gasteiger partial charge is 0.330 e. The Morgan fingerprint density at radius 1 is 1.44 bits per heavy atom. The maximum Gasteiger partial charge on any atom is 0.198 e. The van der Waals surface area contributed by atoms with E-state index in [0.717, 1.165) is 0 Å². The van der Waals surface area contributed by atoms with Crippen molar-refractivity contribution >= 4 is 11.6 Å². The van der Waals surface area contributed by atoms with E-state index in [-0.39, 0.29) is 11.6 Å². The van der Waals surface area contributed by atoms with E-state index in [1.54, 1.807) is 0 Å². The summed E-state index contributed by atoms with van der Waals surface area (Å²) in [6, 6.07) is 0. The lowest BCUT2D eigenvalue weighted by molar-refractivity contribution is -0.135. The molecule has 0 amide bonds. The Labute approximate surface area is 54.2 Å². The van der Waals surface area contributed by atoms with Gasteiger partial charge in [0.2, 0.25) is 0 Å². The Bertz CT molecular complexity index is 120. The zero-order valence-corrected chi connectivity index (χ0v) is 5.52. The number of ketones is 2. The molecule has 0 atom stereocenters. The van der Waals surface area contributed by atoms with Gasteiger partial charge in [0.15, 0.2) is 11.6 Å². The summed E-state index contributed by atoms with van der Waals surface area (Å²) < 4.78 is 0. The van der Waals surface area contributed by atoms with Crippen molar-refractivity contribution in [3.63, 3.8) is 0 Å². The maximum absolute atomic E-state index is 10.5. The van der Waals surface area contributed by atoms with Crippen LogP contribution in [-0.4, -0.2) is 18.1 Å². The third-order valence-electron chi connectivity index (χ3n) is 1.00. The standard InChI is InChI=1S/C6H11NO2/c1-5(8)6(9)3-2-4-7/h2-4,7H2,1H3. The number of hydrogen-bond donors (Lipinski definition) is 1. The number of nitrogens with two attached hydrogens (primary N) is 1. The summed E-state index contributed by atoms with van der Waals surface area (Å²) in [6.45, 7) is 1.75. The second-order valence-corrected chi connectivity index (χ2v) is 1.87. The first kappa shape index (κ1) is 8.30. The minimum atomic E-state index is -0.372. The van der Waals surface area contributed by atoms with Crippen molar-refractivity contribution in [1.82, 2.24) is 0 Å². The Morgan fingerprint density at radius 3 is 2.33 bits per heavy atom. The summed E-state index contributed by atoms with van der Waals surface area (Å²) in [5.41, 5.74) is 5.11. The molecule has 0 saturated heterocycles. The topological polar surface area (TPSA) is 60.2 Å². The van der Waals surface area contributed by atoms with Crippen LogP contribution in [0.25, 0.3) is 0 Å². The molecule has 0 aliphatic rings. The molecule has 3 nitrogen and oxygen atoms in total. The lowest BCUT2D eigenvalue weighted by Crippen LogP contribution is -2.11. The van der Waals surface area contributed by atoms with Gasteiger partial charge in [-0.05, 0) is 13.0 Å². The molecule has 3 heteroatoms. The van der Waals surface area contributed by atoms with Gasteiger partial charge in [-0.1, -0.05) is 0 Å². The molecule has 0 aliphatic heterocycles. The van der Waals surface area contributed by atoms with Gasteiger partial charge in [-0.3, -0.25) is 9.59 Å². The summed E-state index contributed by atoms with van der Waals surface area (Å²) >= 11 is 0. The zero-order valence-electron chi connectivity index (χ0n) is 5.52. The first-order valence-electron chi connectivity index (χ1n) is 2.92. The summed E-state index contributed by atoms with van der Waals surface area (Å²) in [6.07, 6.45) is 0.907. The van der Waals surface area contributed by atoms with Crippen LogP contribution in [0.3, 0.4) is 0 Å². The summed E-state index contributed by atoms with van der Waals surface area (Å²) in [5, 5.41) is 0. The van der Waals surface area contributed by atoms with Gasteiger partial charge in [-0.2, -0.15) is 0 Å². The molecule has 0 unspecified atom stereocenters. The van der Waals surface area contributed by atoms with E-state index >= 15 is 0 Å². The van der Waals surface area contributed by atoms with Crippen LogP contribution in [0.1, 0.15) is 19.8 Å². The van der Waals surface area contributed by atoms with Gasteiger partial charge < -0.3 is 5.73 Å². The van der Waals surface area contributed by atoms with Crippen molar-refractivity contribution in [3.05, 3.63) is 0 Å². The van der Waals surface area contributed by atoms with Crippen LogP contribution in [0.2, 0.25) is 0 Å².